The molecule has 3 aromatic rings. The van der Waals surface area contributed by atoms with Crippen LogP contribution in [0.2, 0.25) is 0 Å². The minimum Gasteiger partial charge on any atom is -0.416 e. The van der Waals surface area contributed by atoms with Gasteiger partial charge < -0.3 is 9.32 Å². The van der Waals surface area contributed by atoms with Crippen LogP contribution in [0.5, 0.6) is 0 Å². The van der Waals surface area contributed by atoms with Crippen molar-refractivity contribution in [2.75, 3.05) is 31.1 Å². The van der Waals surface area contributed by atoms with Crippen molar-refractivity contribution >= 4 is 16.6 Å². The van der Waals surface area contributed by atoms with Gasteiger partial charge in [-0.1, -0.05) is 0 Å². The molecule has 0 saturated carbocycles. The van der Waals surface area contributed by atoms with E-state index in [0.717, 1.165) is 29.7 Å². The Kier molecular flexibility index (Phi) is 4.19. The Bertz CT molecular complexity index is 904. The number of hydrogen-bond donors (Lipinski definition) is 0. The molecule has 0 unspecified atom stereocenters. The molecule has 0 N–H and O–H groups in total. The van der Waals surface area contributed by atoms with E-state index in [2.05, 4.69) is 25.1 Å². The van der Waals surface area contributed by atoms with Gasteiger partial charge >= 0.3 is 12.1 Å². The van der Waals surface area contributed by atoms with Crippen molar-refractivity contribution in [3.05, 3.63) is 42.5 Å². The van der Waals surface area contributed by atoms with Gasteiger partial charge in [-0.25, -0.2) is 9.97 Å². The maximum absolute atomic E-state index is 12.5. The molecule has 0 bridgehead atoms. The summed E-state index contributed by atoms with van der Waals surface area (Å²) >= 11 is 0. The number of fused-ring (bicyclic) bond motifs is 1. The maximum Gasteiger partial charge on any atom is 0.470 e. The predicted molar refractivity (Wildman–Crippen MR) is 86.3 cm³/mol. The number of anilines is 1. The molecule has 0 amide bonds. The molecule has 0 aliphatic carbocycles. The fraction of sp³-hybridized carbons (Fsp3) is 0.375. The Morgan fingerprint density at radius 3 is 2.62 bits per heavy atom. The molecule has 1 fully saturated rings. The molecule has 1 aliphatic heterocycles. The third kappa shape index (κ3) is 3.45. The summed E-state index contributed by atoms with van der Waals surface area (Å²) in [5, 5.41) is 7.51. The van der Waals surface area contributed by atoms with Crippen molar-refractivity contribution in [3.8, 4) is 0 Å². The molecular formula is C16H15F3N6O. The van der Waals surface area contributed by atoms with Gasteiger partial charge in [0.05, 0.1) is 12.1 Å². The zero-order valence-corrected chi connectivity index (χ0v) is 13.6. The monoisotopic (exact) mass is 364 g/mol. The summed E-state index contributed by atoms with van der Waals surface area (Å²) in [6.07, 6.45) is -1.32. The summed E-state index contributed by atoms with van der Waals surface area (Å²) in [5.74, 6) is -1.32. The van der Waals surface area contributed by atoms with Gasteiger partial charge in [-0.2, -0.15) is 13.2 Å². The first kappa shape index (κ1) is 16.7. The van der Waals surface area contributed by atoms with Crippen molar-refractivity contribution in [1.29, 1.82) is 0 Å². The van der Waals surface area contributed by atoms with Crippen LogP contribution in [0, 0.1) is 0 Å². The lowest BCUT2D eigenvalue weighted by molar-refractivity contribution is -0.157. The highest BCUT2D eigenvalue weighted by atomic mass is 19.4. The lowest BCUT2D eigenvalue weighted by Crippen LogP contribution is -2.46. The second-order valence-corrected chi connectivity index (χ2v) is 6.03. The summed E-state index contributed by atoms with van der Waals surface area (Å²) in [6, 6.07) is 6.01. The van der Waals surface area contributed by atoms with Crippen LogP contribution in [-0.2, 0) is 12.7 Å². The van der Waals surface area contributed by atoms with E-state index in [-0.39, 0.29) is 12.4 Å². The smallest absolute Gasteiger partial charge is 0.416 e. The van der Waals surface area contributed by atoms with E-state index in [1.807, 2.05) is 23.1 Å². The summed E-state index contributed by atoms with van der Waals surface area (Å²) in [4.78, 5) is 12.5. The molecule has 4 rings (SSSR count). The van der Waals surface area contributed by atoms with Gasteiger partial charge in [0.15, 0.2) is 0 Å². The van der Waals surface area contributed by atoms with Crippen molar-refractivity contribution < 1.29 is 17.6 Å². The Labute approximate surface area is 146 Å². The SMILES string of the molecule is FC(F)(F)c1nnc(CN2CCN(c3ccc4ncncc4c3)CC2)o1. The van der Waals surface area contributed by atoms with Crippen molar-refractivity contribution in [1.82, 2.24) is 25.1 Å². The third-order valence-corrected chi connectivity index (χ3v) is 4.29. The van der Waals surface area contributed by atoms with Gasteiger partial charge in [0, 0.05) is 43.4 Å². The lowest BCUT2D eigenvalue weighted by atomic mass is 10.2. The van der Waals surface area contributed by atoms with Gasteiger partial charge in [0.2, 0.25) is 5.89 Å². The number of piperazine rings is 1. The number of nitrogens with zero attached hydrogens (tertiary/aromatic N) is 6. The fourth-order valence-electron chi connectivity index (χ4n) is 2.96. The number of hydrogen-bond acceptors (Lipinski definition) is 7. The fourth-order valence-corrected chi connectivity index (χ4v) is 2.96. The van der Waals surface area contributed by atoms with Crippen LogP contribution in [0.15, 0.2) is 35.1 Å². The number of alkyl halides is 3. The van der Waals surface area contributed by atoms with E-state index in [9.17, 15) is 13.2 Å². The van der Waals surface area contributed by atoms with E-state index in [1.165, 1.54) is 6.33 Å². The van der Waals surface area contributed by atoms with E-state index < -0.39 is 12.1 Å². The van der Waals surface area contributed by atoms with Gasteiger partial charge in [0.1, 0.15) is 6.33 Å². The normalized spacial score (nSPS) is 16.3. The Morgan fingerprint density at radius 1 is 1.08 bits per heavy atom. The maximum atomic E-state index is 12.5. The number of aromatic nitrogens is 4. The number of rotatable bonds is 3. The molecular weight excluding hydrogens is 349 g/mol. The van der Waals surface area contributed by atoms with Crippen LogP contribution < -0.4 is 4.90 Å². The van der Waals surface area contributed by atoms with Gasteiger partial charge in [-0.3, -0.25) is 4.90 Å². The highest BCUT2D eigenvalue weighted by molar-refractivity contribution is 5.81. The summed E-state index contributed by atoms with van der Waals surface area (Å²) in [6.45, 7) is 3.08. The zero-order chi connectivity index (χ0) is 18.1. The molecule has 2 aromatic heterocycles. The quantitative estimate of drug-likeness (QED) is 0.706. The van der Waals surface area contributed by atoms with Crippen LogP contribution in [0.3, 0.4) is 0 Å². The summed E-state index contributed by atoms with van der Waals surface area (Å²) in [5.41, 5.74) is 1.96. The average molecular weight is 364 g/mol. The van der Waals surface area contributed by atoms with Gasteiger partial charge in [-0.05, 0) is 18.2 Å². The number of benzene rings is 1. The first-order chi connectivity index (χ1) is 12.5. The van der Waals surface area contributed by atoms with Crippen LogP contribution in [-0.4, -0.2) is 51.2 Å². The lowest BCUT2D eigenvalue weighted by Gasteiger charge is -2.35. The van der Waals surface area contributed by atoms with E-state index in [1.54, 1.807) is 6.20 Å². The molecule has 0 atom stereocenters. The highest BCUT2D eigenvalue weighted by Gasteiger charge is 2.38. The predicted octanol–water partition coefficient (Wildman–Crippen LogP) is 2.35. The molecule has 0 spiro atoms. The topological polar surface area (TPSA) is 71.2 Å². The first-order valence-corrected chi connectivity index (χ1v) is 8.06. The largest absolute Gasteiger partial charge is 0.470 e. The molecule has 26 heavy (non-hydrogen) atoms. The van der Waals surface area contributed by atoms with E-state index >= 15 is 0 Å². The second-order valence-electron chi connectivity index (χ2n) is 6.03. The second kappa shape index (κ2) is 6.52. The van der Waals surface area contributed by atoms with Crippen LogP contribution in [0.1, 0.15) is 11.8 Å². The van der Waals surface area contributed by atoms with Crippen LogP contribution >= 0.6 is 0 Å². The van der Waals surface area contributed by atoms with Gasteiger partial charge in [0.25, 0.3) is 0 Å². The Hall–Kier alpha value is -2.75. The average Bonchev–Trinajstić information content (AvgIpc) is 3.11. The van der Waals surface area contributed by atoms with Crippen LogP contribution in [0.4, 0.5) is 18.9 Å². The summed E-state index contributed by atoms with van der Waals surface area (Å²) in [7, 11) is 0. The van der Waals surface area contributed by atoms with Crippen molar-refractivity contribution in [2.45, 2.75) is 12.7 Å². The molecule has 10 heteroatoms. The van der Waals surface area contributed by atoms with Crippen LogP contribution in [0.25, 0.3) is 10.9 Å². The molecule has 136 valence electrons. The van der Waals surface area contributed by atoms with Crippen molar-refractivity contribution in [3.63, 3.8) is 0 Å². The molecule has 1 aromatic carbocycles. The zero-order valence-electron chi connectivity index (χ0n) is 13.6. The standard InChI is InChI=1S/C16H15F3N6O/c17-16(18,19)15-23-22-14(26-15)9-24-3-5-25(6-4-24)12-1-2-13-11(7-12)8-20-10-21-13/h1-2,7-8,10H,3-6,9H2. The highest BCUT2D eigenvalue weighted by Crippen LogP contribution is 2.28. The number of halogens is 3. The van der Waals surface area contributed by atoms with E-state index in [0.29, 0.717) is 13.1 Å². The molecule has 1 saturated heterocycles. The molecule has 3 heterocycles. The molecule has 7 nitrogen and oxygen atoms in total. The van der Waals surface area contributed by atoms with Gasteiger partial charge in [-0.15, -0.1) is 10.2 Å². The first-order valence-electron chi connectivity index (χ1n) is 8.06. The molecule has 1 aliphatic rings. The molecule has 0 radical (unpaired) electrons. The Morgan fingerprint density at radius 2 is 1.88 bits per heavy atom. The minimum atomic E-state index is -4.61. The van der Waals surface area contributed by atoms with Crippen molar-refractivity contribution in [2.24, 2.45) is 0 Å². The minimum absolute atomic E-state index is 0.0198. The summed E-state index contributed by atoms with van der Waals surface area (Å²) < 4.78 is 42.2. The third-order valence-electron chi connectivity index (χ3n) is 4.29. The Balaban J connectivity index is 1.38. The van der Waals surface area contributed by atoms with E-state index in [4.69, 9.17) is 4.42 Å².